The summed E-state index contributed by atoms with van der Waals surface area (Å²) in [6.45, 7) is 42.0. The van der Waals surface area contributed by atoms with Gasteiger partial charge in [0.15, 0.2) is 17.5 Å². The second-order valence-corrected chi connectivity index (χ2v) is 30.4. The number of esters is 2. The summed E-state index contributed by atoms with van der Waals surface area (Å²) in [5, 5.41) is 38.3. The Morgan fingerprint density at radius 1 is 0.562 bits per heavy atom. The Hall–Kier alpha value is -8.23. The van der Waals surface area contributed by atoms with Crippen LogP contribution in [0.5, 0.6) is 0 Å². The van der Waals surface area contributed by atoms with Crippen LogP contribution in [0.15, 0.2) is 135 Å². The molecule has 0 radical (unpaired) electrons. The van der Waals surface area contributed by atoms with Crippen LogP contribution in [0.1, 0.15) is 200 Å². The fraction of sp³-hybridized carbons (Fsp3) is 0.627. The first-order chi connectivity index (χ1) is 53.2. The molecule has 0 saturated carbocycles. The van der Waals surface area contributed by atoms with Gasteiger partial charge in [-0.1, -0.05) is 148 Å². The molecule has 10 rings (SSSR count). The van der Waals surface area contributed by atoms with Crippen LogP contribution in [-0.2, 0) is 71.3 Å². The molecule has 7 aliphatic rings. The normalized spacial score (nSPS) is 31.9. The summed E-state index contributed by atoms with van der Waals surface area (Å²) in [6.07, 6.45) is 29.0. The number of aryl methyl sites for hydroxylation is 3. The second kappa shape index (κ2) is 45.0. The van der Waals surface area contributed by atoms with Gasteiger partial charge in [0.05, 0.1) is 107 Å². The zero-order valence-electron chi connectivity index (χ0n) is 68.4. The fourth-order valence-electron chi connectivity index (χ4n) is 13.4. The summed E-state index contributed by atoms with van der Waals surface area (Å²) < 4.78 is 69.3. The summed E-state index contributed by atoms with van der Waals surface area (Å²) in [5.74, 6) is 3.15. The molecule has 6 N–H and O–H groups in total. The van der Waals surface area contributed by atoms with E-state index < -0.39 is 35.6 Å². The van der Waals surface area contributed by atoms with Gasteiger partial charge in [-0.05, 0) is 116 Å². The van der Waals surface area contributed by atoms with Crippen LogP contribution in [0, 0.1) is 38.5 Å². The highest BCUT2D eigenvalue weighted by Gasteiger charge is 2.59. The lowest BCUT2D eigenvalue weighted by molar-refractivity contribution is -0.158. The van der Waals surface area contributed by atoms with Crippen LogP contribution >= 0.6 is 0 Å². The number of nitrogens with zero attached hydrogens (tertiary/aromatic N) is 6. The van der Waals surface area contributed by atoms with Crippen LogP contribution in [0.2, 0.25) is 0 Å². The van der Waals surface area contributed by atoms with Gasteiger partial charge in [-0.3, -0.25) is 24.0 Å². The average Bonchev–Trinajstić information content (AvgIpc) is 1.60. The molecule has 0 aliphatic carbocycles. The van der Waals surface area contributed by atoms with E-state index in [0.717, 1.165) is 49.7 Å². The minimum absolute atomic E-state index is 0.000562. The number of hydrogen-bond donors (Lipinski definition) is 5. The molecule has 112 heavy (non-hydrogen) atoms. The number of carbonyl (C=O) groups excluding carboxylic acids is 5. The molecule has 0 aromatic carbocycles. The number of methoxy groups -OCH3 is 2. The number of aromatic nitrogens is 6. The third-order valence-corrected chi connectivity index (χ3v) is 21.0. The minimum atomic E-state index is -0.795. The third kappa shape index (κ3) is 29.3. The number of epoxide rings is 2. The maximum Gasteiger partial charge on any atom is 0.308 e. The van der Waals surface area contributed by atoms with Crippen molar-refractivity contribution in [3.63, 3.8) is 0 Å². The molecule has 23 atom stereocenters. The number of nitrogens with one attached hydrogen (secondary N) is 2. The van der Waals surface area contributed by atoms with E-state index >= 15 is 0 Å². The van der Waals surface area contributed by atoms with Crippen molar-refractivity contribution < 1.29 is 95.1 Å². The zero-order chi connectivity index (χ0) is 82.6. The monoisotopic (exact) mass is 1570 g/mol. The molecule has 10 heterocycles. The van der Waals surface area contributed by atoms with Crippen molar-refractivity contribution in [3.8, 4) is 0 Å². The van der Waals surface area contributed by atoms with Crippen molar-refractivity contribution >= 4 is 30.2 Å². The van der Waals surface area contributed by atoms with Crippen LogP contribution in [0.25, 0.3) is 0 Å². The van der Waals surface area contributed by atoms with Gasteiger partial charge >= 0.3 is 11.9 Å². The van der Waals surface area contributed by atoms with Crippen molar-refractivity contribution in [2.45, 2.75) is 288 Å². The van der Waals surface area contributed by atoms with E-state index in [-0.39, 0.29) is 121 Å². The smallest absolute Gasteiger partial charge is 0.308 e. The molecule has 7 fully saturated rings. The Labute approximate surface area is 659 Å². The lowest BCUT2D eigenvalue weighted by atomic mass is 9.87. The van der Waals surface area contributed by atoms with Crippen molar-refractivity contribution in [1.29, 1.82) is 0 Å². The van der Waals surface area contributed by atoms with Crippen molar-refractivity contribution in [1.82, 2.24) is 41.1 Å². The first-order valence-corrected chi connectivity index (χ1v) is 38.7. The quantitative estimate of drug-likeness (QED) is 0.00692. The number of ether oxygens (including phenoxy) is 10. The number of nitrogens with two attached hydrogens (primary N) is 1. The van der Waals surface area contributed by atoms with E-state index in [1.165, 1.54) is 44.3 Å². The molecule has 29 nitrogen and oxygen atoms in total. The maximum absolute atomic E-state index is 12.6. The number of aliphatic hydroxyl groups excluding tert-OH is 2. The summed E-state index contributed by atoms with van der Waals surface area (Å²) >= 11 is 0. The van der Waals surface area contributed by atoms with Gasteiger partial charge in [0.1, 0.15) is 35.6 Å². The molecule has 3 unspecified atom stereocenters. The van der Waals surface area contributed by atoms with Gasteiger partial charge in [0.2, 0.25) is 29.5 Å². The molecule has 7 saturated heterocycles. The lowest BCUT2D eigenvalue weighted by Crippen LogP contribution is -2.50. The Morgan fingerprint density at radius 2 is 0.938 bits per heavy atom. The second-order valence-electron chi connectivity index (χ2n) is 30.4. The van der Waals surface area contributed by atoms with Gasteiger partial charge in [0.25, 0.3) is 6.47 Å². The Kier molecular flexibility index (Phi) is 37.2. The molecule has 2 amide bonds. The number of allylic oxidation sites excluding steroid dienone is 9. The summed E-state index contributed by atoms with van der Waals surface area (Å²) in [5.41, 5.74) is 8.17. The van der Waals surface area contributed by atoms with E-state index in [2.05, 4.69) is 123 Å². The Morgan fingerprint density at radius 3 is 1.30 bits per heavy atom. The van der Waals surface area contributed by atoms with Crippen LogP contribution in [0.4, 0.5) is 0 Å². The van der Waals surface area contributed by atoms with E-state index in [4.69, 9.17) is 57.2 Å². The largest absolute Gasteiger partial charge is 0.469 e. The van der Waals surface area contributed by atoms with Gasteiger partial charge in [0, 0.05) is 57.4 Å². The minimum Gasteiger partial charge on any atom is -0.469 e. The molecule has 2 spiro atoms. The molecule has 620 valence electrons. The van der Waals surface area contributed by atoms with Crippen molar-refractivity contribution in [2.75, 3.05) is 27.4 Å². The van der Waals surface area contributed by atoms with Gasteiger partial charge in [-0.25, -0.2) is 0 Å². The van der Waals surface area contributed by atoms with Gasteiger partial charge in [-0.15, -0.1) is 6.58 Å². The highest BCUT2D eigenvalue weighted by molar-refractivity contribution is 5.88. The van der Waals surface area contributed by atoms with Crippen LogP contribution in [0.3, 0.4) is 0 Å². The first-order valence-electron chi connectivity index (χ1n) is 38.7. The Balaban J connectivity index is 0.000000236. The van der Waals surface area contributed by atoms with Gasteiger partial charge in [-0.2, -0.15) is 15.0 Å². The number of amides is 2. The molecule has 3 aromatic heterocycles. The number of carbonyl (C=O) groups is 5. The molecule has 29 heteroatoms. The SMILES string of the molecule is C=C/C(C)=C/C[C@@H]1O[C@H](C)[C@H](N)C[C@@H]1C.C=C/C(C)=C/C[C@@H]1O[C@H](C)[C@H](NC(=O)/C=C\C(C)c2noc(C)n2)C[C@@H]1C.C=C[C@H]1O[C@H](CC(=O)OC)C[C@@]2(CO2)[C@@H]1O.COC(=O)C[C@@H]1C[C@@]2(CO2)[C@H](O)[C@@H](/C=C/C(C)=C/C[C@@H]2O[C@H](C)[C@H](NC(=O)/C=C\C(C)c3noc(C)n3)C[C@@H]2C)O1.Cc1nc(C(C)/C=C\OC=O)no1. The molecule has 7 aliphatic heterocycles. The van der Waals surface area contributed by atoms with E-state index in [0.29, 0.717) is 85.6 Å². The Bertz CT molecular complexity index is 3730. The standard InChI is InChI=1S/C30H43N3O8.C21H31N3O3.C13H23NO.C11H16O5.C8H10N2O3/c1-17(8-11-25-28(36)30(16-38-30)15-22(40-25)14-27(35)37-6)7-10-24-19(3)13-23(20(4)39-24)32-26(34)12-9-18(2)29-31-21(5)41-33-29;1-7-13(2)8-10-19-15(4)12-18(16(5)26-19)23-20(25)11-9-14(3)21-22-17(6)27-24-21;1-5-9(2)6-7-13-10(3)8-12(14)11(4)15-13;1-3-8-10(13)11(6-15-11)5-7(16-8)4-9(12)14-2;1-6(3-4-12-5-11)8-9-7(2)13-10-8/h7-9,11-12,18-20,22-25,28,36H,10,13-16H2,1-6H3,(H,32,34);7-9,11,14-16,18-19H,1,10,12H2,2-6H3,(H,23,25);5-6,10-13H,1,7-8,14H2,2-4H3;3,7-8,10,13H,1,4-6H2,2H3;3-6H,1-2H3/b11-8+,12-9-,17-7+;11-9-,13-8+;9-6+;;4-3-/t18?,19-,20+,22+,23+,24-,25+,28+,30+;14?,15-,16+,18+,19-;10-,11+,12+,13-;7-,8-,10-,11-;/m0001./s1. The molecule has 0 bridgehead atoms. The maximum atomic E-state index is 12.6. The zero-order valence-corrected chi connectivity index (χ0v) is 68.4. The number of rotatable bonds is 27. The molecular weight excluding hydrogens is 1440 g/mol. The van der Waals surface area contributed by atoms with E-state index in [1.54, 1.807) is 39.0 Å². The molecule has 3 aromatic rings. The highest BCUT2D eigenvalue weighted by Crippen LogP contribution is 2.45. The number of hydrogen-bond acceptors (Lipinski definition) is 27. The van der Waals surface area contributed by atoms with Gasteiger partial charge < -0.3 is 87.5 Å². The highest BCUT2D eigenvalue weighted by atomic mass is 16.6. The third-order valence-electron chi connectivity index (χ3n) is 21.0. The average molecular weight is 1570 g/mol. The predicted molar refractivity (Wildman–Crippen MR) is 417 cm³/mol. The summed E-state index contributed by atoms with van der Waals surface area (Å²) in [4.78, 5) is 70.0. The molecular formula is C83H123N9O20. The van der Waals surface area contributed by atoms with E-state index in [9.17, 15) is 34.2 Å². The van der Waals surface area contributed by atoms with Crippen molar-refractivity contribution in [2.24, 2.45) is 23.5 Å². The predicted octanol–water partition coefficient (Wildman–Crippen LogP) is 10.8. The number of aliphatic hydroxyl groups is 2. The fourth-order valence-corrected chi connectivity index (χ4v) is 13.4. The first kappa shape index (κ1) is 92.6. The lowest BCUT2D eigenvalue weighted by Gasteiger charge is -2.39. The van der Waals surface area contributed by atoms with E-state index in [1.807, 2.05) is 72.8 Å². The summed E-state index contributed by atoms with van der Waals surface area (Å²) in [7, 11) is 2.69. The summed E-state index contributed by atoms with van der Waals surface area (Å²) in [6, 6.07) is 0.104. The van der Waals surface area contributed by atoms with Crippen LogP contribution in [-0.4, -0.2) is 201 Å². The van der Waals surface area contributed by atoms with Crippen molar-refractivity contribution in [3.05, 3.63) is 157 Å². The topological polar surface area (TPSA) is 392 Å². The van der Waals surface area contributed by atoms with Crippen LogP contribution < -0.4 is 16.4 Å².